The second kappa shape index (κ2) is 8.01. The fraction of sp³-hybridized carbons (Fsp3) is 0.188. The lowest BCUT2D eigenvalue weighted by molar-refractivity contribution is -0.118. The van der Waals surface area contributed by atoms with Crippen LogP contribution in [0.1, 0.15) is 27.8 Å². The van der Waals surface area contributed by atoms with Crippen LogP contribution < -0.4 is 15.8 Å². The van der Waals surface area contributed by atoms with Gasteiger partial charge in [0.1, 0.15) is 0 Å². The van der Waals surface area contributed by atoms with Gasteiger partial charge in [-0.05, 0) is 23.8 Å². The number of carboxylic acid groups (broad SMARTS) is 1. The van der Waals surface area contributed by atoms with Crippen molar-refractivity contribution in [1.82, 2.24) is 14.6 Å². The van der Waals surface area contributed by atoms with E-state index in [0.717, 1.165) is 6.20 Å². The number of hydrogen-bond acceptors (Lipinski definition) is 5. The maximum atomic E-state index is 12.0. The lowest BCUT2D eigenvalue weighted by Crippen LogP contribution is -2.33. The Morgan fingerprint density at radius 2 is 1.67 bits per heavy atom. The zero-order chi connectivity index (χ0) is 20.2. The summed E-state index contributed by atoms with van der Waals surface area (Å²) in [5.74, 6) is -2.02. The van der Waals surface area contributed by atoms with Crippen molar-refractivity contribution in [1.29, 1.82) is 0 Å². The molecule has 0 aliphatic carbocycles. The quantitative estimate of drug-likeness (QED) is 0.474. The van der Waals surface area contributed by atoms with Crippen LogP contribution in [0, 0.1) is 0 Å². The summed E-state index contributed by atoms with van der Waals surface area (Å²) in [6.45, 7) is 1.91. The van der Waals surface area contributed by atoms with Crippen molar-refractivity contribution in [2.45, 2.75) is 6.92 Å². The second-order valence-electron chi connectivity index (χ2n) is 5.54. The molecule has 27 heavy (non-hydrogen) atoms. The molecule has 10 nitrogen and oxygen atoms in total. The molecule has 0 radical (unpaired) electrons. The van der Waals surface area contributed by atoms with Gasteiger partial charge < -0.3 is 15.7 Å². The third kappa shape index (κ3) is 4.92. The first-order valence-corrected chi connectivity index (χ1v) is 9.22. The zero-order valence-corrected chi connectivity index (χ0v) is 15.1. The third-order valence-corrected chi connectivity index (χ3v) is 4.42. The van der Waals surface area contributed by atoms with Crippen molar-refractivity contribution in [3.63, 3.8) is 0 Å². The van der Waals surface area contributed by atoms with E-state index in [4.69, 9.17) is 5.14 Å². The number of nitrogens with two attached hydrogens (primary N) is 1. The van der Waals surface area contributed by atoms with Gasteiger partial charge in [0, 0.05) is 37.3 Å². The SMILES string of the molecule is CC(=O)NCCNC(=O)c1ccc(-c2ccn(S(N)(=O)=O)c2C(=O)O)cc1. The van der Waals surface area contributed by atoms with Gasteiger partial charge in [0.05, 0.1) is 0 Å². The summed E-state index contributed by atoms with van der Waals surface area (Å²) < 4.78 is 23.5. The van der Waals surface area contributed by atoms with Crippen LogP contribution in [0.15, 0.2) is 36.5 Å². The fourth-order valence-corrected chi connectivity index (χ4v) is 3.05. The molecule has 0 spiro atoms. The third-order valence-electron chi connectivity index (χ3n) is 3.57. The van der Waals surface area contributed by atoms with Gasteiger partial charge in [-0.2, -0.15) is 8.42 Å². The molecule has 2 rings (SSSR count). The topological polar surface area (TPSA) is 161 Å². The number of carbonyl (C=O) groups is 3. The lowest BCUT2D eigenvalue weighted by Gasteiger charge is -2.08. The predicted octanol–water partition coefficient (Wildman–Crippen LogP) is -0.229. The first-order valence-electron chi connectivity index (χ1n) is 7.72. The van der Waals surface area contributed by atoms with Gasteiger partial charge in [0.2, 0.25) is 5.91 Å². The number of nitrogens with zero attached hydrogens (tertiary/aromatic N) is 1. The van der Waals surface area contributed by atoms with Gasteiger partial charge in [0.25, 0.3) is 5.91 Å². The standard InChI is InChI=1S/C16H18N4O6S/c1-10(21)18-7-8-19-15(22)12-4-2-11(3-5-12)13-6-9-20(27(17,25)26)14(13)16(23)24/h2-6,9H,7-8H2,1H3,(H,18,21)(H,19,22)(H,23,24)(H2,17,25,26). The molecule has 0 saturated heterocycles. The first kappa shape index (κ1) is 20.1. The molecule has 5 N–H and O–H groups in total. The zero-order valence-electron chi connectivity index (χ0n) is 14.3. The Hall–Kier alpha value is -3.18. The van der Waals surface area contributed by atoms with Gasteiger partial charge >= 0.3 is 16.2 Å². The molecular weight excluding hydrogens is 376 g/mol. The lowest BCUT2D eigenvalue weighted by atomic mass is 10.0. The maximum absolute atomic E-state index is 12.0. The normalized spacial score (nSPS) is 11.0. The van der Waals surface area contributed by atoms with Gasteiger partial charge in [-0.1, -0.05) is 12.1 Å². The van der Waals surface area contributed by atoms with Crippen LogP contribution in [0.5, 0.6) is 0 Å². The highest BCUT2D eigenvalue weighted by atomic mass is 32.2. The largest absolute Gasteiger partial charge is 0.477 e. The number of carbonyl (C=O) groups excluding carboxylic acids is 2. The number of rotatable bonds is 7. The van der Waals surface area contributed by atoms with Crippen molar-refractivity contribution in [2.24, 2.45) is 5.14 Å². The van der Waals surface area contributed by atoms with E-state index in [-0.39, 0.29) is 23.9 Å². The molecule has 0 saturated carbocycles. The van der Waals surface area contributed by atoms with Gasteiger partial charge in [-0.15, -0.1) is 0 Å². The summed E-state index contributed by atoms with van der Waals surface area (Å²) in [7, 11) is -4.26. The van der Waals surface area contributed by atoms with E-state index in [1.165, 1.54) is 37.3 Å². The smallest absolute Gasteiger partial charge is 0.354 e. The molecule has 2 aromatic rings. The van der Waals surface area contributed by atoms with Crippen LogP contribution in [0.4, 0.5) is 0 Å². The Bertz CT molecular complexity index is 979. The molecule has 144 valence electrons. The highest BCUT2D eigenvalue weighted by molar-refractivity contribution is 7.87. The minimum Gasteiger partial charge on any atom is -0.477 e. The Morgan fingerprint density at radius 3 is 2.19 bits per heavy atom. The fourth-order valence-electron chi connectivity index (χ4n) is 2.39. The Balaban J connectivity index is 2.21. The molecule has 0 unspecified atom stereocenters. The summed E-state index contributed by atoms with van der Waals surface area (Å²) >= 11 is 0. The van der Waals surface area contributed by atoms with E-state index < -0.39 is 21.9 Å². The molecule has 1 heterocycles. The number of aromatic carboxylic acids is 1. The van der Waals surface area contributed by atoms with E-state index in [0.29, 0.717) is 21.6 Å². The van der Waals surface area contributed by atoms with Crippen LogP contribution >= 0.6 is 0 Å². The molecule has 1 aromatic carbocycles. The Labute approximate surface area is 155 Å². The van der Waals surface area contributed by atoms with E-state index in [1.807, 2.05) is 0 Å². The van der Waals surface area contributed by atoms with Gasteiger partial charge in [-0.3, -0.25) is 9.59 Å². The molecule has 2 amide bonds. The summed E-state index contributed by atoms with van der Waals surface area (Å²) in [4.78, 5) is 34.2. The molecular formula is C16H18N4O6S. The Kier molecular flexibility index (Phi) is 5.98. The van der Waals surface area contributed by atoms with Crippen LogP contribution in [0.2, 0.25) is 0 Å². The molecule has 0 aliphatic rings. The van der Waals surface area contributed by atoms with Crippen LogP contribution in [-0.2, 0) is 15.0 Å². The van der Waals surface area contributed by atoms with Crippen LogP contribution in [0.3, 0.4) is 0 Å². The van der Waals surface area contributed by atoms with E-state index >= 15 is 0 Å². The van der Waals surface area contributed by atoms with Gasteiger partial charge in [0.15, 0.2) is 5.69 Å². The van der Waals surface area contributed by atoms with E-state index in [9.17, 15) is 27.9 Å². The highest BCUT2D eigenvalue weighted by Crippen LogP contribution is 2.26. The number of nitrogens with one attached hydrogen (secondary N) is 2. The Morgan fingerprint density at radius 1 is 1.07 bits per heavy atom. The number of amides is 2. The number of hydrogen-bond donors (Lipinski definition) is 4. The minimum absolute atomic E-state index is 0.147. The van der Waals surface area contributed by atoms with Gasteiger partial charge in [-0.25, -0.2) is 13.9 Å². The van der Waals surface area contributed by atoms with Crippen molar-refractivity contribution in [3.8, 4) is 11.1 Å². The molecule has 0 aliphatic heterocycles. The molecule has 0 fully saturated rings. The first-order chi connectivity index (χ1) is 12.6. The number of benzene rings is 1. The summed E-state index contributed by atoms with van der Waals surface area (Å²) in [6, 6.07) is 7.26. The summed E-state index contributed by atoms with van der Waals surface area (Å²) in [6.07, 6.45) is 1.05. The number of carboxylic acids is 1. The number of aromatic nitrogens is 1. The van der Waals surface area contributed by atoms with Crippen molar-refractivity contribution in [3.05, 3.63) is 47.8 Å². The molecule has 0 atom stereocenters. The summed E-state index contributed by atoms with van der Waals surface area (Å²) in [5, 5.41) is 19.5. The average molecular weight is 394 g/mol. The molecule has 11 heteroatoms. The van der Waals surface area contributed by atoms with Crippen LogP contribution in [0.25, 0.3) is 11.1 Å². The predicted molar refractivity (Wildman–Crippen MR) is 96.3 cm³/mol. The second-order valence-corrected chi connectivity index (χ2v) is 6.96. The van der Waals surface area contributed by atoms with E-state index in [2.05, 4.69) is 10.6 Å². The average Bonchev–Trinajstić information content (AvgIpc) is 3.04. The molecule has 1 aromatic heterocycles. The minimum atomic E-state index is -4.26. The maximum Gasteiger partial charge on any atom is 0.354 e. The van der Waals surface area contributed by atoms with Crippen molar-refractivity contribution < 1.29 is 27.9 Å². The summed E-state index contributed by atoms with van der Waals surface area (Å²) in [5.41, 5.74) is 0.382. The van der Waals surface area contributed by atoms with Crippen molar-refractivity contribution >= 4 is 28.0 Å². The monoisotopic (exact) mass is 394 g/mol. The van der Waals surface area contributed by atoms with Crippen LogP contribution in [-0.4, -0.2) is 48.4 Å². The van der Waals surface area contributed by atoms with E-state index in [1.54, 1.807) is 0 Å². The molecule has 0 bridgehead atoms. The highest BCUT2D eigenvalue weighted by Gasteiger charge is 2.22. The van der Waals surface area contributed by atoms with Crippen molar-refractivity contribution in [2.75, 3.05) is 13.1 Å².